The van der Waals surface area contributed by atoms with Gasteiger partial charge in [0.15, 0.2) is 0 Å². The highest BCUT2D eigenvalue weighted by molar-refractivity contribution is 7.07. The number of para-hydroxylation sites is 1. The number of thiazole rings is 1. The third-order valence-corrected chi connectivity index (χ3v) is 7.50. The first kappa shape index (κ1) is 22.5. The van der Waals surface area contributed by atoms with Crippen LogP contribution in [0, 0.1) is 11.8 Å². The molecule has 2 aliphatic heterocycles. The quantitative estimate of drug-likeness (QED) is 0.673. The zero-order chi connectivity index (χ0) is 22.8. The Balaban J connectivity index is 1.56. The van der Waals surface area contributed by atoms with E-state index in [-0.39, 0.29) is 29.6 Å². The molecule has 7 nitrogen and oxygen atoms in total. The number of amides is 3. The molecule has 1 aromatic heterocycles. The predicted octanol–water partition coefficient (Wildman–Crippen LogP) is 2.83. The molecule has 2 aromatic rings. The molecule has 0 unspecified atom stereocenters. The smallest absolute Gasteiger partial charge is 0.250 e. The van der Waals surface area contributed by atoms with Crippen LogP contribution in [0.2, 0.25) is 0 Å². The van der Waals surface area contributed by atoms with Gasteiger partial charge < -0.3 is 10.6 Å². The Morgan fingerprint density at radius 1 is 1.28 bits per heavy atom. The van der Waals surface area contributed by atoms with E-state index in [4.69, 9.17) is 0 Å². The molecule has 0 radical (unpaired) electrons. The summed E-state index contributed by atoms with van der Waals surface area (Å²) in [6, 6.07) is 4.72. The van der Waals surface area contributed by atoms with Crippen molar-refractivity contribution in [2.45, 2.75) is 65.1 Å². The summed E-state index contributed by atoms with van der Waals surface area (Å²) in [6.45, 7) is 6.34. The van der Waals surface area contributed by atoms with E-state index < -0.39 is 12.1 Å². The predicted molar refractivity (Wildman–Crippen MR) is 124 cm³/mol. The van der Waals surface area contributed by atoms with Crippen molar-refractivity contribution in [2.75, 3.05) is 4.90 Å². The van der Waals surface area contributed by atoms with Crippen LogP contribution in [0.4, 0.5) is 5.69 Å². The van der Waals surface area contributed by atoms with Gasteiger partial charge in [0, 0.05) is 17.7 Å². The van der Waals surface area contributed by atoms with Crippen LogP contribution in [0.5, 0.6) is 0 Å². The maximum atomic E-state index is 13.6. The first-order valence-electron chi connectivity index (χ1n) is 11.3. The molecule has 4 rings (SSSR count). The lowest BCUT2D eigenvalue weighted by molar-refractivity contribution is -0.131. The number of nitrogens with one attached hydrogen (secondary N) is 2. The van der Waals surface area contributed by atoms with Crippen LogP contribution in [-0.2, 0) is 33.8 Å². The van der Waals surface area contributed by atoms with Crippen molar-refractivity contribution in [3.05, 3.63) is 45.9 Å². The van der Waals surface area contributed by atoms with Gasteiger partial charge in [-0.05, 0) is 29.9 Å². The van der Waals surface area contributed by atoms with E-state index in [0.29, 0.717) is 25.8 Å². The molecule has 3 amide bonds. The molecular formula is C24H30N4O3S. The molecule has 0 saturated heterocycles. The second kappa shape index (κ2) is 9.40. The maximum Gasteiger partial charge on any atom is 0.250 e. The summed E-state index contributed by atoms with van der Waals surface area (Å²) in [6.07, 6.45) is 2.58. The highest BCUT2D eigenvalue weighted by atomic mass is 32.1. The van der Waals surface area contributed by atoms with Gasteiger partial charge in [0.1, 0.15) is 12.1 Å². The summed E-state index contributed by atoms with van der Waals surface area (Å²) in [5.74, 6) is -0.450. The molecule has 0 spiro atoms. The Bertz CT molecular complexity index is 1010. The number of hydrogen-bond donors (Lipinski definition) is 2. The summed E-state index contributed by atoms with van der Waals surface area (Å²) in [7, 11) is 0. The monoisotopic (exact) mass is 454 g/mol. The highest BCUT2D eigenvalue weighted by Gasteiger charge is 2.44. The van der Waals surface area contributed by atoms with E-state index in [9.17, 15) is 14.4 Å². The van der Waals surface area contributed by atoms with Gasteiger partial charge in [0.2, 0.25) is 17.7 Å². The second-order valence-electron chi connectivity index (χ2n) is 8.82. The number of aromatic nitrogens is 1. The standard InChI is InChI=1S/C24H30N4O3S/c1-4-14(2)15(3)22(29)27-19-9-8-16-6-5-7-17-10-20(28(21(16)17)24(19)31)23(30)25-11-18-12-32-13-26-18/h5-7,12-15,19-20H,4,8-11H2,1-3H3,(H,25,30)(H,27,29)/t14-,15-,19-,20-/m0/s1. The van der Waals surface area contributed by atoms with Gasteiger partial charge in [-0.15, -0.1) is 11.3 Å². The average Bonchev–Trinajstić information content (AvgIpc) is 3.43. The van der Waals surface area contributed by atoms with Crippen LogP contribution in [0.3, 0.4) is 0 Å². The number of rotatable bonds is 7. The minimum absolute atomic E-state index is 0.104. The van der Waals surface area contributed by atoms with Gasteiger partial charge in [0.25, 0.3) is 0 Å². The lowest BCUT2D eigenvalue weighted by Gasteiger charge is -2.29. The van der Waals surface area contributed by atoms with Crippen LogP contribution < -0.4 is 15.5 Å². The fourth-order valence-electron chi connectivity index (χ4n) is 4.51. The number of benzene rings is 1. The van der Waals surface area contributed by atoms with Crippen molar-refractivity contribution in [2.24, 2.45) is 11.8 Å². The number of carbonyl (C=O) groups is 3. The van der Waals surface area contributed by atoms with Crippen LogP contribution in [0.25, 0.3) is 0 Å². The normalized spacial score (nSPS) is 21.5. The van der Waals surface area contributed by atoms with E-state index in [1.54, 1.807) is 10.4 Å². The van der Waals surface area contributed by atoms with Crippen LogP contribution in [-0.4, -0.2) is 34.8 Å². The number of nitrogens with zero attached hydrogens (tertiary/aromatic N) is 2. The fraction of sp³-hybridized carbons (Fsp3) is 0.500. The largest absolute Gasteiger partial charge is 0.349 e. The summed E-state index contributed by atoms with van der Waals surface area (Å²) >= 11 is 1.48. The van der Waals surface area contributed by atoms with Crippen molar-refractivity contribution < 1.29 is 14.4 Å². The molecule has 2 aliphatic rings. The van der Waals surface area contributed by atoms with Gasteiger partial charge in [-0.1, -0.05) is 45.4 Å². The minimum Gasteiger partial charge on any atom is -0.349 e. The first-order valence-corrected chi connectivity index (χ1v) is 12.2. The van der Waals surface area contributed by atoms with Crippen LogP contribution in [0.15, 0.2) is 29.1 Å². The van der Waals surface area contributed by atoms with Crippen molar-refractivity contribution in [3.8, 4) is 0 Å². The number of aryl methyl sites for hydroxylation is 1. The molecule has 1 aromatic carbocycles. The molecule has 8 heteroatoms. The molecule has 2 N–H and O–H groups in total. The fourth-order valence-corrected chi connectivity index (χ4v) is 5.07. The number of anilines is 1. The summed E-state index contributed by atoms with van der Waals surface area (Å²) in [5, 5.41) is 7.81. The van der Waals surface area contributed by atoms with Crippen molar-refractivity contribution >= 4 is 34.7 Å². The van der Waals surface area contributed by atoms with Crippen LogP contribution >= 0.6 is 11.3 Å². The second-order valence-corrected chi connectivity index (χ2v) is 9.54. The van der Waals surface area contributed by atoms with Gasteiger partial charge in [-0.3, -0.25) is 19.3 Å². The third kappa shape index (κ3) is 4.28. The van der Waals surface area contributed by atoms with Crippen LogP contribution in [0.1, 0.15) is 50.4 Å². The molecule has 32 heavy (non-hydrogen) atoms. The van der Waals surface area contributed by atoms with E-state index in [2.05, 4.69) is 22.5 Å². The maximum absolute atomic E-state index is 13.6. The Hall–Kier alpha value is -2.74. The number of carbonyl (C=O) groups excluding carboxylic acids is 3. The van der Waals surface area contributed by atoms with E-state index in [0.717, 1.165) is 28.9 Å². The van der Waals surface area contributed by atoms with Gasteiger partial charge in [-0.2, -0.15) is 0 Å². The lowest BCUT2D eigenvalue weighted by atomic mass is 9.92. The van der Waals surface area contributed by atoms with Gasteiger partial charge in [-0.25, -0.2) is 4.98 Å². The molecule has 0 bridgehead atoms. The zero-order valence-corrected chi connectivity index (χ0v) is 19.6. The first-order chi connectivity index (χ1) is 15.4. The van der Waals surface area contributed by atoms with Crippen molar-refractivity contribution in [3.63, 3.8) is 0 Å². The molecule has 4 atom stereocenters. The van der Waals surface area contributed by atoms with E-state index >= 15 is 0 Å². The summed E-state index contributed by atoms with van der Waals surface area (Å²) in [4.78, 5) is 45.4. The topological polar surface area (TPSA) is 91.4 Å². The Labute approximate surface area is 192 Å². The molecule has 0 aliphatic carbocycles. The number of hydrogen-bond acceptors (Lipinski definition) is 5. The molecule has 170 valence electrons. The minimum atomic E-state index is -0.638. The zero-order valence-electron chi connectivity index (χ0n) is 18.8. The SMILES string of the molecule is CC[C@H](C)[C@H](C)C(=O)N[C@H]1CCc2cccc3c2N(C1=O)[C@H](C(=O)NCc1cscn1)C3. The molecule has 0 saturated carbocycles. The third-order valence-electron chi connectivity index (χ3n) is 6.86. The van der Waals surface area contributed by atoms with Crippen molar-refractivity contribution in [1.82, 2.24) is 15.6 Å². The lowest BCUT2D eigenvalue weighted by Crippen LogP contribution is -2.55. The van der Waals surface area contributed by atoms with Gasteiger partial charge in [0.05, 0.1) is 23.4 Å². The molecule has 3 heterocycles. The van der Waals surface area contributed by atoms with Crippen molar-refractivity contribution in [1.29, 1.82) is 0 Å². The Morgan fingerprint density at radius 3 is 2.78 bits per heavy atom. The van der Waals surface area contributed by atoms with E-state index in [1.807, 2.05) is 37.4 Å². The Kier molecular flexibility index (Phi) is 6.60. The molecular weight excluding hydrogens is 424 g/mol. The average molecular weight is 455 g/mol. The summed E-state index contributed by atoms with van der Waals surface area (Å²) < 4.78 is 0. The van der Waals surface area contributed by atoms with E-state index in [1.165, 1.54) is 11.3 Å². The Morgan fingerprint density at radius 2 is 2.06 bits per heavy atom. The summed E-state index contributed by atoms with van der Waals surface area (Å²) in [5.41, 5.74) is 5.43. The molecule has 0 fully saturated rings. The van der Waals surface area contributed by atoms with Gasteiger partial charge >= 0.3 is 0 Å². The highest BCUT2D eigenvalue weighted by Crippen LogP contribution is 2.39.